The molecule has 0 saturated heterocycles. The number of aromatic nitrogens is 3. The van der Waals surface area contributed by atoms with Crippen LogP contribution in [0.15, 0.2) is 53.1 Å². The molecule has 0 radical (unpaired) electrons. The highest BCUT2D eigenvalue weighted by Gasteiger charge is 2.13. The van der Waals surface area contributed by atoms with Crippen molar-refractivity contribution < 1.29 is 4.42 Å². The van der Waals surface area contributed by atoms with Crippen molar-refractivity contribution in [1.29, 1.82) is 0 Å². The van der Waals surface area contributed by atoms with E-state index in [4.69, 9.17) is 9.40 Å². The van der Waals surface area contributed by atoms with E-state index in [1.807, 2.05) is 42.5 Å². The number of hydrogen-bond acceptors (Lipinski definition) is 6. The number of nitrogens with one attached hydrogen (secondary N) is 1. The number of anilines is 1. The summed E-state index contributed by atoms with van der Waals surface area (Å²) in [5, 5.41) is 4.44. The van der Waals surface area contributed by atoms with E-state index < -0.39 is 0 Å². The Morgan fingerprint density at radius 1 is 1.04 bits per heavy atom. The largest absolute Gasteiger partial charge is 0.453 e. The summed E-state index contributed by atoms with van der Waals surface area (Å²) >= 11 is 0. The predicted octanol–water partition coefficient (Wildman–Crippen LogP) is 4.65. The van der Waals surface area contributed by atoms with Crippen LogP contribution in [-0.4, -0.2) is 47.0 Å². The van der Waals surface area contributed by atoms with Crippen LogP contribution in [0.25, 0.3) is 33.6 Å². The molecule has 0 aliphatic carbocycles. The number of fused-ring (bicyclic) bond motifs is 2. The van der Waals surface area contributed by atoms with E-state index in [0.717, 1.165) is 47.3 Å². The Morgan fingerprint density at radius 2 is 1.86 bits per heavy atom. The predicted molar refractivity (Wildman–Crippen MR) is 119 cm³/mol. The molecule has 148 valence electrons. The zero-order chi connectivity index (χ0) is 17.9. The fourth-order valence-electron chi connectivity index (χ4n) is 2.90. The molecule has 0 aliphatic heterocycles. The van der Waals surface area contributed by atoms with Gasteiger partial charge in [-0.2, -0.15) is 0 Å². The smallest absolute Gasteiger partial charge is 0.198 e. The lowest BCUT2D eigenvalue weighted by Gasteiger charge is -2.11. The first-order chi connectivity index (χ1) is 12.7. The lowest BCUT2D eigenvalue weighted by Crippen LogP contribution is -2.17. The number of furan rings is 1. The van der Waals surface area contributed by atoms with Gasteiger partial charge in [0.1, 0.15) is 11.1 Å². The van der Waals surface area contributed by atoms with E-state index in [-0.39, 0.29) is 24.8 Å². The first-order valence-electron chi connectivity index (χ1n) is 8.71. The summed E-state index contributed by atoms with van der Waals surface area (Å²) in [5.74, 6) is 1.97. The van der Waals surface area contributed by atoms with Crippen LogP contribution >= 0.6 is 24.8 Å². The van der Waals surface area contributed by atoms with Gasteiger partial charge in [0, 0.05) is 18.1 Å². The quantitative estimate of drug-likeness (QED) is 0.458. The summed E-state index contributed by atoms with van der Waals surface area (Å²) < 4.78 is 5.94. The van der Waals surface area contributed by atoms with Crippen LogP contribution in [0.2, 0.25) is 0 Å². The highest BCUT2D eigenvalue weighted by Crippen LogP contribution is 2.28. The molecule has 1 N–H and O–H groups in total. The van der Waals surface area contributed by atoms with Gasteiger partial charge in [0.25, 0.3) is 0 Å². The molecule has 28 heavy (non-hydrogen) atoms. The van der Waals surface area contributed by atoms with E-state index in [9.17, 15) is 0 Å². The summed E-state index contributed by atoms with van der Waals surface area (Å²) in [7, 11) is 4.14. The van der Waals surface area contributed by atoms with E-state index in [0.29, 0.717) is 11.6 Å². The molecule has 8 heteroatoms. The molecule has 4 rings (SSSR count). The van der Waals surface area contributed by atoms with Gasteiger partial charge in [0.05, 0.1) is 5.52 Å². The van der Waals surface area contributed by atoms with E-state index in [1.165, 1.54) is 0 Å². The maximum absolute atomic E-state index is 5.94. The highest BCUT2D eigenvalue weighted by atomic mass is 35.5. The number of nitrogens with zero attached hydrogens (tertiary/aromatic N) is 4. The van der Waals surface area contributed by atoms with Crippen molar-refractivity contribution in [3.8, 4) is 11.6 Å². The number of halogens is 2. The van der Waals surface area contributed by atoms with E-state index >= 15 is 0 Å². The summed E-state index contributed by atoms with van der Waals surface area (Å²) in [6.07, 6.45) is 2.78. The zero-order valence-electron chi connectivity index (χ0n) is 15.8. The van der Waals surface area contributed by atoms with Crippen molar-refractivity contribution >= 4 is 52.6 Å². The molecule has 0 bridgehead atoms. The van der Waals surface area contributed by atoms with Gasteiger partial charge >= 0.3 is 0 Å². The summed E-state index contributed by atoms with van der Waals surface area (Å²) in [5.41, 5.74) is 2.41. The van der Waals surface area contributed by atoms with Gasteiger partial charge in [-0.05, 0) is 51.3 Å². The number of rotatable bonds is 6. The van der Waals surface area contributed by atoms with Crippen molar-refractivity contribution in [2.24, 2.45) is 0 Å². The Labute approximate surface area is 176 Å². The first kappa shape index (κ1) is 21.9. The molecule has 1 aromatic carbocycles. The Balaban J connectivity index is 0.00000140. The molecule has 3 heterocycles. The van der Waals surface area contributed by atoms with Gasteiger partial charge in [-0.1, -0.05) is 18.2 Å². The van der Waals surface area contributed by atoms with Gasteiger partial charge in [-0.25, -0.2) is 9.97 Å². The Morgan fingerprint density at radius 3 is 2.64 bits per heavy atom. The van der Waals surface area contributed by atoms with Crippen LogP contribution in [-0.2, 0) is 0 Å². The lowest BCUT2D eigenvalue weighted by atomic mass is 10.2. The van der Waals surface area contributed by atoms with Gasteiger partial charge in [-0.15, -0.1) is 24.8 Å². The van der Waals surface area contributed by atoms with Crippen LogP contribution in [0.5, 0.6) is 0 Å². The third-order valence-electron chi connectivity index (χ3n) is 4.18. The Kier molecular flexibility index (Phi) is 7.57. The topological polar surface area (TPSA) is 67.1 Å². The number of hydrogen-bond donors (Lipinski definition) is 1. The molecule has 0 spiro atoms. The zero-order valence-corrected chi connectivity index (χ0v) is 17.4. The molecule has 4 aromatic rings. The second-order valence-corrected chi connectivity index (χ2v) is 6.50. The third-order valence-corrected chi connectivity index (χ3v) is 4.18. The minimum absolute atomic E-state index is 0. The van der Waals surface area contributed by atoms with Crippen molar-refractivity contribution in [1.82, 2.24) is 19.9 Å². The van der Waals surface area contributed by atoms with Crippen molar-refractivity contribution in [3.63, 3.8) is 0 Å². The average molecular weight is 420 g/mol. The highest BCUT2D eigenvalue weighted by molar-refractivity contribution is 5.88. The number of para-hydroxylation sites is 1. The molecular weight excluding hydrogens is 397 g/mol. The average Bonchev–Trinajstić information content (AvgIpc) is 3.09. The normalized spacial score (nSPS) is 10.7. The minimum Gasteiger partial charge on any atom is -0.453 e. The SMILES string of the molecule is CN(C)CCCNc1nc(-c2cc3ccccc3o2)nc2cccnc12.Cl.Cl. The van der Waals surface area contributed by atoms with Crippen LogP contribution < -0.4 is 5.32 Å². The third kappa shape index (κ3) is 4.70. The van der Waals surface area contributed by atoms with Crippen molar-refractivity contribution in [3.05, 3.63) is 48.7 Å². The van der Waals surface area contributed by atoms with Gasteiger partial charge in [-0.3, -0.25) is 4.98 Å². The van der Waals surface area contributed by atoms with Crippen molar-refractivity contribution in [2.75, 3.05) is 32.5 Å². The minimum atomic E-state index is 0. The Hall–Kier alpha value is -2.41. The fraction of sp³-hybridized carbons (Fsp3) is 0.250. The maximum Gasteiger partial charge on any atom is 0.198 e. The molecule has 0 saturated carbocycles. The van der Waals surface area contributed by atoms with E-state index in [1.54, 1.807) is 6.20 Å². The molecule has 0 aliphatic rings. The van der Waals surface area contributed by atoms with Gasteiger partial charge in [0.15, 0.2) is 17.4 Å². The maximum atomic E-state index is 5.94. The van der Waals surface area contributed by atoms with E-state index in [2.05, 4.69) is 34.3 Å². The summed E-state index contributed by atoms with van der Waals surface area (Å²) in [6, 6.07) is 13.7. The molecule has 0 unspecified atom stereocenters. The van der Waals surface area contributed by atoms with Crippen LogP contribution in [0, 0.1) is 0 Å². The molecule has 6 nitrogen and oxygen atoms in total. The molecular formula is C20H23Cl2N5O. The van der Waals surface area contributed by atoms with Crippen LogP contribution in [0.1, 0.15) is 6.42 Å². The molecule has 0 amide bonds. The van der Waals surface area contributed by atoms with Gasteiger partial charge < -0.3 is 14.6 Å². The van der Waals surface area contributed by atoms with Gasteiger partial charge in [0.2, 0.25) is 0 Å². The second-order valence-electron chi connectivity index (χ2n) is 6.50. The first-order valence-corrected chi connectivity index (χ1v) is 8.71. The number of pyridine rings is 1. The lowest BCUT2D eigenvalue weighted by molar-refractivity contribution is 0.405. The van der Waals surface area contributed by atoms with Crippen molar-refractivity contribution in [2.45, 2.75) is 6.42 Å². The summed E-state index contributed by atoms with van der Waals surface area (Å²) in [4.78, 5) is 15.9. The monoisotopic (exact) mass is 419 g/mol. The Bertz CT molecular complexity index is 1020. The second kappa shape index (κ2) is 9.68. The molecule has 0 atom stereocenters. The van der Waals surface area contributed by atoms with Crippen LogP contribution in [0.4, 0.5) is 5.82 Å². The van der Waals surface area contributed by atoms with Crippen LogP contribution in [0.3, 0.4) is 0 Å². The number of benzene rings is 1. The molecule has 3 aromatic heterocycles. The standard InChI is InChI=1S/C20H21N5O.2ClH/c1-25(2)12-6-11-22-20-18-15(8-5-10-21-18)23-19(24-20)17-13-14-7-3-4-9-16(14)26-17;;/h3-5,7-10,13H,6,11-12H2,1-2H3,(H,22,23,24);2*1H. The molecule has 0 fully saturated rings. The fourth-order valence-corrected chi connectivity index (χ4v) is 2.90. The summed E-state index contributed by atoms with van der Waals surface area (Å²) in [6.45, 7) is 1.83.